The number of aromatic amines is 1. The summed E-state index contributed by atoms with van der Waals surface area (Å²) in [4.78, 5) is 16.0. The molecular weight excluding hydrogens is 411 g/mol. The molecule has 29 heavy (non-hydrogen) atoms. The number of fused-ring (bicyclic) bond motifs is 1. The molecule has 2 N–H and O–H groups in total. The third-order valence-corrected chi connectivity index (χ3v) is 6.35. The quantitative estimate of drug-likeness (QED) is 0.396. The molecule has 9 heteroatoms. The van der Waals surface area contributed by atoms with Crippen molar-refractivity contribution in [2.45, 2.75) is 38.6 Å². The van der Waals surface area contributed by atoms with Crippen molar-refractivity contribution in [2.24, 2.45) is 0 Å². The van der Waals surface area contributed by atoms with E-state index in [0.29, 0.717) is 16.5 Å². The smallest absolute Gasteiger partial charge is 0.183 e. The van der Waals surface area contributed by atoms with E-state index in [1.165, 1.54) is 19.0 Å². The third-order valence-electron chi connectivity index (χ3n) is 4.98. The Morgan fingerprint density at radius 1 is 1.38 bits per heavy atom. The zero-order valence-corrected chi connectivity index (χ0v) is 17.9. The lowest BCUT2D eigenvalue weighted by atomic mass is 10.1. The number of pyridine rings is 1. The fourth-order valence-electron chi connectivity index (χ4n) is 3.47. The van der Waals surface area contributed by atoms with Gasteiger partial charge in [-0.25, -0.2) is 23.6 Å². The van der Waals surface area contributed by atoms with Gasteiger partial charge in [0.25, 0.3) is 0 Å². The maximum absolute atomic E-state index is 14.4. The largest absolute Gasteiger partial charge is 0.363 e. The third kappa shape index (κ3) is 4.82. The maximum Gasteiger partial charge on any atom is 0.183 e. The number of hydrogen-bond acceptors (Lipinski definition) is 6. The Kier molecular flexibility index (Phi) is 6.52. The number of hydrogen-bond donors (Lipinski definition) is 2. The van der Waals surface area contributed by atoms with Gasteiger partial charge in [0, 0.05) is 48.2 Å². The van der Waals surface area contributed by atoms with Gasteiger partial charge in [0.05, 0.1) is 11.2 Å². The van der Waals surface area contributed by atoms with Crippen molar-refractivity contribution in [2.75, 3.05) is 24.2 Å². The molecule has 3 aromatic rings. The highest BCUT2D eigenvalue weighted by Gasteiger charge is 2.22. The normalized spacial score (nSPS) is 17.7. The second-order valence-electron chi connectivity index (χ2n) is 7.20. The molecule has 3 aromatic heterocycles. The van der Waals surface area contributed by atoms with Gasteiger partial charge in [0.1, 0.15) is 5.65 Å². The minimum atomic E-state index is -0.444. The fraction of sp³-hybridized carbons (Fsp3) is 0.450. The van der Waals surface area contributed by atoms with Crippen LogP contribution in [0.2, 0.25) is 5.02 Å². The molecule has 6 nitrogen and oxygen atoms in total. The molecule has 4 rings (SSSR count). The highest BCUT2D eigenvalue weighted by Crippen LogP contribution is 2.29. The van der Waals surface area contributed by atoms with Crippen LogP contribution < -0.4 is 5.32 Å². The summed E-state index contributed by atoms with van der Waals surface area (Å²) < 4.78 is 16.8. The van der Waals surface area contributed by atoms with E-state index < -0.39 is 5.82 Å². The summed E-state index contributed by atoms with van der Waals surface area (Å²) in [6, 6.07) is 1.97. The molecule has 1 unspecified atom stereocenters. The summed E-state index contributed by atoms with van der Waals surface area (Å²) in [5.41, 5.74) is 1.44. The SMILES string of the molecule is CCCCSN1CCCC(Nc2nc(-c3c[nH]c4ncc(Cl)cc34)ncc2F)C1. The van der Waals surface area contributed by atoms with Crippen LogP contribution >= 0.6 is 23.5 Å². The predicted octanol–water partition coefficient (Wildman–Crippen LogP) is 5.14. The van der Waals surface area contributed by atoms with Crippen molar-refractivity contribution in [1.29, 1.82) is 0 Å². The van der Waals surface area contributed by atoms with E-state index in [4.69, 9.17) is 11.6 Å². The van der Waals surface area contributed by atoms with Gasteiger partial charge >= 0.3 is 0 Å². The molecule has 0 saturated carbocycles. The van der Waals surface area contributed by atoms with Crippen LogP contribution in [0.5, 0.6) is 0 Å². The van der Waals surface area contributed by atoms with Gasteiger partial charge in [0.15, 0.2) is 17.5 Å². The van der Waals surface area contributed by atoms with Gasteiger partial charge < -0.3 is 10.3 Å². The summed E-state index contributed by atoms with van der Waals surface area (Å²) in [5.74, 6) is 1.37. The van der Waals surface area contributed by atoms with Gasteiger partial charge in [-0.2, -0.15) is 0 Å². The van der Waals surface area contributed by atoms with Gasteiger partial charge in [-0.1, -0.05) is 36.9 Å². The molecule has 0 aromatic carbocycles. The number of H-pyrrole nitrogens is 1. The van der Waals surface area contributed by atoms with E-state index in [0.717, 1.165) is 42.6 Å². The number of anilines is 1. The van der Waals surface area contributed by atoms with E-state index in [2.05, 4.69) is 36.5 Å². The first-order chi connectivity index (χ1) is 14.1. The predicted molar refractivity (Wildman–Crippen MR) is 118 cm³/mol. The fourth-order valence-corrected chi connectivity index (χ4v) is 4.85. The second-order valence-corrected chi connectivity index (χ2v) is 8.82. The molecular formula is C20H24ClFN6S. The lowest BCUT2D eigenvalue weighted by Crippen LogP contribution is -2.39. The summed E-state index contributed by atoms with van der Waals surface area (Å²) in [7, 11) is 0. The lowest BCUT2D eigenvalue weighted by Gasteiger charge is -2.32. The van der Waals surface area contributed by atoms with Gasteiger partial charge in [0.2, 0.25) is 0 Å². The number of unbranched alkanes of at least 4 members (excludes halogenated alkanes) is 1. The van der Waals surface area contributed by atoms with Gasteiger partial charge in [-0.05, 0) is 25.3 Å². The van der Waals surface area contributed by atoms with Crippen molar-refractivity contribution in [3.05, 3.63) is 35.5 Å². The van der Waals surface area contributed by atoms with E-state index in [9.17, 15) is 4.39 Å². The van der Waals surface area contributed by atoms with Crippen molar-refractivity contribution in [3.8, 4) is 11.4 Å². The van der Waals surface area contributed by atoms with Gasteiger partial charge in [-0.15, -0.1) is 0 Å². The highest BCUT2D eigenvalue weighted by molar-refractivity contribution is 7.97. The van der Waals surface area contributed by atoms with Crippen molar-refractivity contribution >= 4 is 40.4 Å². The molecule has 4 heterocycles. The molecule has 0 radical (unpaired) electrons. The molecule has 1 aliphatic rings. The van der Waals surface area contributed by atoms with Crippen LogP contribution in [0.1, 0.15) is 32.6 Å². The number of piperidine rings is 1. The lowest BCUT2D eigenvalue weighted by molar-refractivity contribution is 0.354. The van der Waals surface area contributed by atoms with Gasteiger partial charge in [-0.3, -0.25) is 0 Å². The first-order valence-electron chi connectivity index (χ1n) is 9.94. The van der Waals surface area contributed by atoms with Crippen LogP contribution in [0.3, 0.4) is 0 Å². The minimum Gasteiger partial charge on any atom is -0.363 e. The zero-order valence-electron chi connectivity index (χ0n) is 16.3. The van der Waals surface area contributed by atoms with E-state index in [1.807, 2.05) is 18.0 Å². The van der Waals surface area contributed by atoms with E-state index in [1.54, 1.807) is 12.4 Å². The Morgan fingerprint density at radius 3 is 3.14 bits per heavy atom. The maximum atomic E-state index is 14.4. The average molecular weight is 435 g/mol. The van der Waals surface area contributed by atoms with Crippen LogP contribution in [0.4, 0.5) is 10.2 Å². The molecule has 0 aliphatic carbocycles. The highest BCUT2D eigenvalue weighted by atomic mass is 35.5. The van der Waals surface area contributed by atoms with Crippen LogP contribution in [-0.4, -0.2) is 49.1 Å². The summed E-state index contributed by atoms with van der Waals surface area (Å²) >= 11 is 7.97. The first-order valence-corrected chi connectivity index (χ1v) is 11.3. The number of rotatable bonds is 7. The second kappa shape index (κ2) is 9.28. The molecule has 0 bridgehead atoms. The van der Waals surface area contributed by atoms with E-state index >= 15 is 0 Å². The Hall–Kier alpha value is -1.90. The standard InChI is InChI=1S/C20H24ClFN6S/c1-2-3-7-29-28-6-4-5-14(12-28)26-20-17(22)11-25-19(27-20)16-10-24-18-15(16)8-13(21)9-23-18/h8-11,14H,2-7,12H2,1H3,(H,23,24)(H,25,26,27). The van der Waals surface area contributed by atoms with Crippen LogP contribution in [0, 0.1) is 5.82 Å². The molecule has 1 saturated heterocycles. The number of nitrogens with one attached hydrogen (secondary N) is 2. The minimum absolute atomic E-state index is 0.161. The number of nitrogens with zero attached hydrogens (tertiary/aromatic N) is 4. The zero-order chi connectivity index (χ0) is 20.2. The first kappa shape index (κ1) is 20.4. The molecule has 1 atom stereocenters. The number of halogens is 2. The molecule has 0 amide bonds. The Labute approximate surface area is 178 Å². The van der Waals surface area contributed by atoms with Crippen LogP contribution in [0.15, 0.2) is 24.7 Å². The Balaban J connectivity index is 1.52. The Bertz CT molecular complexity index is 981. The monoisotopic (exact) mass is 434 g/mol. The van der Waals surface area contributed by atoms with Crippen molar-refractivity contribution < 1.29 is 4.39 Å². The molecule has 154 valence electrons. The van der Waals surface area contributed by atoms with Crippen molar-refractivity contribution in [1.82, 2.24) is 24.2 Å². The summed E-state index contributed by atoms with van der Waals surface area (Å²) in [5, 5.41) is 4.64. The Morgan fingerprint density at radius 2 is 2.28 bits per heavy atom. The molecule has 0 spiro atoms. The molecule has 1 fully saturated rings. The average Bonchev–Trinajstić information content (AvgIpc) is 3.13. The van der Waals surface area contributed by atoms with Crippen LogP contribution in [0.25, 0.3) is 22.4 Å². The van der Waals surface area contributed by atoms with Crippen LogP contribution in [-0.2, 0) is 0 Å². The number of aromatic nitrogens is 4. The van der Waals surface area contributed by atoms with Crippen molar-refractivity contribution in [3.63, 3.8) is 0 Å². The summed E-state index contributed by atoms with van der Waals surface area (Å²) in [6.07, 6.45) is 9.07. The molecule has 1 aliphatic heterocycles. The topological polar surface area (TPSA) is 69.7 Å². The van der Waals surface area contributed by atoms with E-state index in [-0.39, 0.29) is 11.9 Å². The summed E-state index contributed by atoms with van der Waals surface area (Å²) in [6.45, 7) is 4.15.